The maximum Gasteiger partial charge on any atom is 0.191 e. The highest BCUT2D eigenvalue weighted by Gasteiger charge is 2.21. The van der Waals surface area contributed by atoms with Crippen molar-refractivity contribution in [3.05, 3.63) is 29.8 Å². The fourth-order valence-corrected chi connectivity index (χ4v) is 3.90. The number of nitrogens with one attached hydrogen (secondary N) is 2. The molecular formula is C21H35N5O. The molecule has 2 aliphatic heterocycles. The highest BCUT2D eigenvalue weighted by Crippen LogP contribution is 2.21. The molecular weight excluding hydrogens is 338 g/mol. The number of nitrogens with zero attached hydrogens (tertiary/aromatic N) is 3. The van der Waals surface area contributed by atoms with Gasteiger partial charge in [-0.3, -0.25) is 4.99 Å². The lowest BCUT2D eigenvalue weighted by atomic mass is 10.0. The molecule has 0 aliphatic carbocycles. The van der Waals surface area contributed by atoms with E-state index in [1.165, 1.54) is 24.1 Å². The predicted molar refractivity (Wildman–Crippen MR) is 113 cm³/mol. The second-order valence-corrected chi connectivity index (χ2v) is 7.70. The monoisotopic (exact) mass is 373 g/mol. The van der Waals surface area contributed by atoms with Crippen LogP contribution in [0.2, 0.25) is 0 Å². The van der Waals surface area contributed by atoms with E-state index in [4.69, 9.17) is 4.74 Å². The van der Waals surface area contributed by atoms with Gasteiger partial charge in [-0.2, -0.15) is 0 Å². The van der Waals surface area contributed by atoms with E-state index in [0.717, 1.165) is 51.9 Å². The summed E-state index contributed by atoms with van der Waals surface area (Å²) < 4.78 is 5.49. The van der Waals surface area contributed by atoms with Crippen LogP contribution in [-0.4, -0.2) is 69.4 Å². The number of piperidine rings is 1. The third kappa shape index (κ3) is 5.59. The smallest absolute Gasteiger partial charge is 0.191 e. The van der Waals surface area contributed by atoms with Crippen molar-refractivity contribution < 1.29 is 4.74 Å². The summed E-state index contributed by atoms with van der Waals surface area (Å²) >= 11 is 0. The number of guanidine groups is 1. The Hall–Kier alpha value is -1.79. The SMILES string of the molecule is CN=C(NCc1ccccc1N1CCOCC1)NC1CCN(C(C)C)CC1. The van der Waals surface area contributed by atoms with Gasteiger partial charge >= 0.3 is 0 Å². The van der Waals surface area contributed by atoms with Crippen molar-refractivity contribution in [2.75, 3.05) is 51.3 Å². The lowest BCUT2D eigenvalue weighted by Gasteiger charge is -2.35. The maximum absolute atomic E-state index is 5.49. The minimum atomic E-state index is 0.501. The molecule has 0 unspecified atom stereocenters. The first-order valence-electron chi connectivity index (χ1n) is 10.3. The van der Waals surface area contributed by atoms with Crippen LogP contribution in [0, 0.1) is 0 Å². The van der Waals surface area contributed by atoms with Crippen LogP contribution in [0.4, 0.5) is 5.69 Å². The highest BCUT2D eigenvalue weighted by atomic mass is 16.5. The standard InChI is InChI=1S/C21H35N5O/c1-17(2)25-10-8-19(9-11-25)24-21(22-3)23-16-18-6-4-5-7-20(18)26-12-14-27-15-13-26/h4-7,17,19H,8-16H2,1-3H3,(H2,22,23,24). The molecule has 2 aliphatic rings. The molecule has 0 radical (unpaired) electrons. The molecule has 0 atom stereocenters. The molecule has 150 valence electrons. The van der Waals surface area contributed by atoms with E-state index in [1.54, 1.807) is 0 Å². The number of para-hydroxylation sites is 1. The van der Waals surface area contributed by atoms with E-state index >= 15 is 0 Å². The molecule has 2 heterocycles. The molecule has 6 nitrogen and oxygen atoms in total. The van der Waals surface area contributed by atoms with Crippen molar-refractivity contribution >= 4 is 11.6 Å². The Balaban J connectivity index is 1.53. The van der Waals surface area contributed by atoms with Crippen molar-refractivity contribution in [2.24, 2.45) is 4.99 Å². The van der Waals surface area contributed by atoms with Gasteiger partial charge in [-0.1, -0.05) is 18.2 Å². The molecule has 1 aromatic rings. The number of ether oxygens (including phenoxy) is 1. The van der Waals surface area contributed by atoms with Gasteiger partial charge in [-0.05, 0) is 38.3 Å². The van der Waals surface area contributed by atoms with Crippen LogP contribution in [0.1, 0.15) is 32.3 Å². The molecule has 27 heavy (non-hydrogen) atoms. The van der Waals surface area contributed by atoms with E-state index in [1.807, 2.05) is 7.05 Å². The number of likely N-dealkylation sites (tertiary alicyclic amines) is 1. The van der Waals surface area contributed by atoms with Gasteiger partial charge in [0.1, 0.15) is 0 Å². The molecule has 0 spiro atoms. The van der Waals surface area contributed by atoms with Crippen LogP contribution in [0.25, 0.3) is 0 Å². The molecule has 0 saturated carbocycles. The Kier molecular flexibility index (Phi) is 7.35. The minimum absolute atomic E-state index is 0.501. The third-order valence-corrected chi connectivity index (χ3v) is 5.61. The van der Waals surface area contributed by atoms with E-state index in [-0.39, 0.29) is 0 Å². The third-order valence-electron chi connectivity index (χ3n) is 5.61. The van der Waals surface area contributed by atoms with Crippen LogP contribution < -0.4 is 15.5 Å². The quantitative estimate of drug-likeness (QED) is 0.611. The summed E-state index contributed by atoms with van der Waals surface area (Å²) in [5.41, 5.74) is 2.60. The van der Waals surface area contributed by atoms with Crippen molar-refractivity contribution in [1.29, 1.82) is 0 Å². The molecule has 0 bridgehead atoms. The van der Waals surface area contributed by atoms with Crippen molar-refractivity contribution in [3.8, 4) is 0 Å². The van der Waals surface area contributed by atoms with Gasteiger partial charge in [-0.25, -0.2) is 0 Å². The number of anilines is 1. The molecule has 2 N–H and O–H groups in total. The molecule has 6 heteroatoms. The van der Waals surface area contributed by atoms with Gasteiger partial charge in [-0.15, -0.1) is 0 Å². The first-order chi connectivity index (χ1) is 13.2. The molecule has 0 amide bonds. The summed E-state index contributed by atoms with van der Waals surface area (Å²) in [5.74, 6) is 0.898. The summed E-state index contributed by atoms with van der Waals surface area (Å²) in [6, 6.07) is 9.77. The highest BCUT2D eigenvalue weighted by molar-refractivity contribution is 5.80. The summed E-state index contributed by atoms with van der Waals surface area (Å²) in [7, 11) is 1.85. The largest absolute Gasteiger partial charge is 0.378 e. The van der Waals surface area contributed by atoms with Gasteiger partial charge in [0.05, 0.1) is 13.2 Å². The molecule has 0 aromatic heterocycles. The summed E-state index contributed by atoms with van der Waals surface area (Å²) in [4.78, 5) is 9.40. The van der Waals surface area contributed by atoms with Gasteiger partial charge < -0.3 is 25.2 Å². The van der Waals surface area contributed by atoms with Crippen LogP contribution in [0.3, 0.4) is 0 Å². The number of morpholine rings is 1. The van der Waals surface area contributed by atoms with Crippen molar-refractivity contribution in [2.45, 2.75) is 45.3 Å². The Labute approximate surface area is 164 Å². The number of benzene rings is 1. The van der Waals surface area contributed by atoms with Crippen LogP contribution in [0.15, 0.2) is 29.3 Å². The molecule has 2 fully saturated rings. The van der Waals surface area contributed by atoms with Crippen molar-refractivity contribution in [3.63, 3.8) is 0 Å². The zero-order valence-electron chi connectivity index (χ0n) is 17.1. The molecule has 1 aromatic carbocycles. The van der Waals surface area contributed by atoms with E-state index in [9.17, 15) is 0 Å². The summed E-state index contributed by atoms with van der Waals surface area (Å²) in [6.45, 7) is 11.2. The van der Waals surface area contributed by atoms with Crippen molar-refractivity contribution in [1.82, 2.24) is 15.5 Å². The lowest BCUT2D eigenvalue weighted by molar-refractivity contribution is 0.122. The second-order valence-electron chi connectivity index (χ2n) is 7.70. The normalized spacial score (nSPS) is 20.1. The number of hydrogen-bond acceptors (Lipinski definition) is 4. The average Bonchev–Trinajstić information content (AvgIpc) is 2.72. The Bertz CT molecular complexity index is 604. The van der Waals surface area contributed by atoms with Crippen LogP contribution >= 0.6 is 0 Å². The van der Waals surface area contributed by atoms with E-state index in [0.29, 0.717) is 12.1 Å². The summed E-state index contributed by atoms with van der Waals surface area (Å²) in [5, 5.41) is 7.13. The van der Waals surface area contributed by atoms with Gasteiger partial charge in [0, 0.05) is 57.5 Å². The fraction of sp³-hybridized carbons (Fsp3) is 0.667. The van der Waals surface area contributed by atoms with Gasteiger partial charge in [0.2, 0.25) is 0 Å². The molecule has 2 saturated heterocycles. The molecule has 3 rings (SSSR count). The van der Waals surface area contributed by atoms with Crippen LogP contribution in [0.5, 0.6) is 0 Å². The maximum atomic E-state index is 5.49. The van der Waals surface area contributed by atoms with E-state index < -0.39 is 0 Å². The zero-order chi connectivity index (χ0) is 19.1. The Morgan fingerprint density at radius 2 is 1.85 bits per heavy atom. The minimum Gasteiger partial charge on any atom is -0.378 e. The lowest BCUT2D eigenvalue weighted by Crippen LogP contribution is -2.49. The summed E-state index contributed by atoms with van der Waals surface area (Å²) in [6.07, 6.45) is 2.34. The number of hydrogen-bond donors (Lipinski definition) is 2. The average molecular weight is 374 g/mol. The van der Waals surface area contributed by atoms with Gasteiger partial charge in [0.25, 0.3) is 0 Å². The van der Waals surface area contributed by atoms with Gasteiger partial charge in [0.15, 0.2) is 5.96 Å². The first kappa shape index (κ1) is 20.0. The second kappa shape index (κ2) is 9.95. The van der Waals surface area contributed by atoms with E-state index in [2.05, 4.69) is 63.5 Å². The number of rotatable bonds is 5. The Morgan fingerprint density at radius 1 is 1.15 bits per heavy atom. The predicted octanol–water partition coefficient (Wildman–Crippen LogP) is 2.06. The topological polar surface area (TPSA) is 52.1 Å². The van der Waals surface area contributed by atoms with Crippen LogP contribution in [-0.2, 0) is 11.3 Å². The Morgan fingerprint density at radius 3 is 2.52 bits per heavy atom. The zero-order valence-corrected chi connectivity index (χ0v) is 17.1. The first-order valence-corrected chi connectivity index (χ1v) is 10.3. The number of aliphatic imine (C=N–C) groups is 1. The fourth-order valence-electron chi connectivity index (χ4n) is 3.90.